The van der Waals surface area contributed by atoms with Crippen LogP contribution >= 0.6 is 0 Å². The third-order valence-corrected chi connectivity index (χ3v) is 4.42. The number of amides is 1. The number of hydrogen-bond acceptors (Lipinski definition) is 2. The van der Waals surface area contributed by atoms with E-state index in [0.29, 0.717) is 5.69 Å². The van der Waals surface area contributed by atoms with Gasteiger partial charge in [0, 0.05) is 34.9 Å². The molecule has 22 heavy (non-hydrogen) atoms. The lowest BCUT2D eigenvalue weighted by molar-refractivity contribution is 0.0997. The third kappa shape index (κ3) is 1.52. The Balaban J connectivity index is 2.33. The summed E-state index contributed by atoms with van der Waals surface area (Å²) in [5.41, 5.74) is 9.30. The van der Waals surface area contributed by atoms with E-state index in [4.69, 9.17) is 5.73 Å². The van der Waals surface area contributed by atoms with Crippen molar-refractivity contribution in [2.75, 3.05) is 0 Å². The largest absolute Gasteiger partial charge is 0.364 e. The van der Waals surface area contributed by atoms with Gasteiger partial charge in [0.25, 0.3) is 5.91 Å². The summed E-state index contributed by atoms with van der Waals surface area (Å²) in [6.07, 6.45) is 1.64. The van der Waals surface area contributed by atoms with Crippen LogP contribution in [0.1, 0.15) is 16.1 Å². The first-order valence-electron chi connectivity index (χ1n) is 7.15. The van der Waals surface area contributed by atoms with Gasteiger partial charge in [-0.1, -0.05) is 18.2 Å². The van der Waals surface area contributed by atoms with Crippen LogP contribution in [0.4, 0.5) is 0 Å². The first-order chi connectivity index (χ1) is 10.6. The SMILES string of the molecule is Cc1c2ccnc(C(N)=O)c2cc2c3ccccc3n(C)c12. The van der Waals surface area contributed by atoms with Crippen molar-refractivity contribution in [3.63, 3.8) is 0 Å². The van der Waals surface area contributed by atoms with E-state index in [1.807, 2.05) is 24.3 Å². The van der Waals surface area contributed by atoms with Crippen molar-refractivity contribution in [2.24, 2.45) is 12.8 Å². The van der Waals surface area contributed by atoms with Gasteiger partial charge in [0.15, 0.2) is 0 Å². The Hall–Kier alpha value is -2.88. The van der Waals surface area contributed by atoms with E-state index in [0.717, 1.165) is 21.7 Å². The molecule has 0 unspecified atom stereocenters. The number of nitrogens with zero attached hydrogens (tertiary/aromatic N) is 2. The topological polar surface area (TPSA) is 60.9 Å². The summed E-state index contributed by atoms with van der Waals surface area (Å²) in [5, 5.41) is 4.13. The number of rotatable bonds is 1. The lowest BCUT2D eigenvalue weighted by Gasteiger charge is -2.08. The summed E-state index contributed by atoms with van der Waals surface area (Å²) in [4.78, 5) is 15.8. The van der Waals surface area contributed by atoms with Crippen LogP contribution in [-0.4, -0.2) is 15.5 Å². The van der Waals surface area contributed by atoms with Crippen LogP contribution in [0.5, 0.6) is 0 Å². The molecule has 2 heterocycles. The summed E-state index contributed by atoms with van der Waals surface area (Å²) >= 11 is 0. The highest BCUT2D eigenvalue weighted by Gasteiger charge is 2.16. The molecule has 4 rings (SSSR count). The van der Waals surface area contributed by atoms with Gasteiger partial charge in [0.1, 0.15) is 5.69 Å². The smallest absolute Gasteiger partial charge is 0.267 e. The highest BCUT2D eigenvalue weighted by molar-refractivity contribution is 6.17. The lowest BCUT2D eigenvalue weighted by Crippen LogP contribution is -2.13. The van der Waals surface area contributed by atoms with Crippen LogP contribution in [0.15, 0.2) is 42.6 Å². The maximum absolute atomic E-state index is 11.7. The number of fused-ring (bicyclic) bond motifs is 4. The van der Waals surface area contributed by atoms with E-state index >= 15 is 0 Å². The molecule has 0 aliphatic heterocycles. The van der Waals surface area contributed by atoms with Crippen LogP contribution in [0.3, 0.4) is 0 Å². The number of para-hydroxylation sites is 1. The van der Waals surface area contributed by atoms with Crippen molar-refractivity contribution < 1.29 is 4.79 Å². The lowest BCUT2D eigenvalue weighted by atomic mass is 10.00. The van der Waals surface area contributed by atoms with Gasteiger partial charge in [-0.15, -0.1) is 0 Å². The number of primary amides is 1. The fourth-order valence-electron chi connectivity index (χ4n) is 3.44. The van der Waals surface area contributed by atoms with Gasteiger partial charge in [0.2, 0.25) is 0 Å². The van der Waals surface area contributed by atoms with Gasteiger partial charge in [-0.3, -0.25) is 9.78 Å². The van der Waals surface area contributed by atoms with Crippen molar-refractivity contribution in [3.05, 3.63) is 53.9 Å². The predicted molar refractivity (Wildman–Crippen MR) is 89.0 cm³/mol. The third-order valence-electron chi connectivity index (χ3n) is 4.42. The average molecular weight is 289 g/mol. The number of benzene rings is 2. The molecule has 4 heteroatoms. The summed E-state index contributed by atoms with van der Waals surface area (Å²) < 4.78 is 2.20. The Labute approximate surface area is 127 Å². The number of carbonyl (C=O) groups excluding carboxylic acids is 1. The summed E-state index contributed by atoms with van der Waals surface area (Å²) in [5.74, 6) is -0.496. The molecule has 0 fully saturated rings. The molecule has 0 aliphatic carbocycles. The molecule has 0 atom stereocenters. The van der Waals surface area contributed by atoms with E-state index in [-0.39, 0.29) is 0 Å². The molecule has 0 saturated heterocycles. The monoisotopic (exact) mass is 289 g/mol. The van der Waals surface area contributed by atoms with Gasteiger partial charge in [-0.2, -0.15) is 0 Å². The fraction of sp³-hybridized carbons (Fsp3) is 0.111. The second-order valence-electron chi connectivity index (χ2n) is 5.59. The second kappa shape index (κ2) is 4.31. The van der Waals surface area contributed by atoms with E-state index in [2.05, 4.69) is 35.7 Å². The molecule has 4 aromatic rings. The molecule has 0 aliphatic rings. The molecule has 108 valence electrons. The molecule has 2 aromatic heterocycles. The van der Waals surface area contributed by atoms with E-state index < -0.39 is 5.91 Å². The molecule has 0 saturated carbocycles. The Bertz CT molecular complexity index is 1080. The Morgan fingerprint density at radius 1 is 1.09 bits per heavy atom. The van der Waals surface area contributed by atoms with Gasteiger partial charge in [0.05, 0.1) is 5.52 Å². The highest BCUT2D eigenvalue weighted by atomic mass is 16.1. The summed E-state index contributed by atoms with van der Waals surface area (Å²) in [7, 11) is 2.07. The molecule has 2 aromatic carbocycles. The predicted octanol–water partition coefficient (Wildman–Crippen LogP) is 3.29. The van der Waals surface area contributed by atoms with E-state index in [1.54, 1.807) is 6.20 Å². The number of hydrogen-bond donors (Lipinski definition) is 1. The van der Waals surface area contributed by atoms with Gasteiger partial charge < -0.3 is 10.3 Å². The van der Waals surface area contributed by atoms with Gasteiger partial charge >= 0.3 is 0 Å². The quantitative estimate of drug-likeness (QED) is 0.584. The summed E-state index contributed by atoms with van der Waals surface area (Å²) in [6, 6.07) is 12.2. The Kier molecular flexibility index (Phi) is 2.51. The Morgan fingerprint density at radius 2 is 1.86 bits per heavy atom. The van der Waals surface area contributed by atoms with Crippen molar-refractivity contribution in [1.82, 2.24) is 9.55 Å². The number of aromatic nitrogens is 2. The zero-order valence-corrected chi connectivity index (χ0v) is 12.4. The van der Waals surface area contributed by atoms with Crippen LogP contribution in [-0.2, 0) is 7.05 Å². The number of pyridine rings is 1. The Morgan fingerprint density at radius 3 is 2.64 bits per heavy atom. The second-order valence-corrected chi connectivity index (χ2v) is 5.59. The highest BCUT2D eigenvalue weighted by Crippen LogP contribution is 2.35. The molecular formula is C18H15N3O. The normalized spacial score (nSPS) is 11.5. The summed E-state index contributed by atoms with van der Waals surface area (Å²) in [6.45, 7) is 2.08. The average Bonchev–Trinajstić information content (AvgIpc) is 2.81. The zero-order chi connectivity index (χ0) is 15.4. The van der Waals surface area contributed by atoms with Gasteiger partial charge in [-0.25, -0.2) is 0 Å². The van der Waals surface area contributed by atoms with Gasteiger partial charge in [-0.05, 0) is 36.1 Å². The molecular weight excluding hydrogens is 274 g/mol. The molecule has 2 N–H and O–H groups in total. The van der Waals surface area contributed by atoms with Crippen LogP contribution in [0.2, 0.25) is 0 Å². The van der Waals surface area contributed by atoms with Crippen molar-refractivity contribution in [2.45, 2.75) is 6.92 Å². The maximum Gasteiger partial charge on any atom is 0.267 e. The molecule has 0 spiro atoms. The van der Waals surface area contributed by atoms with Crippen molar-refractivity contribution >= 4 is 38.5 Å². The zero-order valence-electron chi connectivity index (χ0n) is 12.4. The van der Waals surface area contributed by atoms with Crippen molar-refractivity contribution in [3.8, 4) is 0 Å². The minimum Gasteiger partial charge on any atom is -0.364 e. The van der Waals surface area contributed by atoms with E-state index in [9.17, 15) is 4.79 Å². The number of carbonyl (C=O) groups is 1. The fourth-order valence-corrected chi connectivity index (χ4v) is 3.44. The van der Waals surface area contributed by atoms with E-state index in [1.165, 1.54) is 16.4 Å². The maximum atomic E-state index is 11.7. The first kappa shape index (κ1) is 12.8. The van der Waals surface area contributed by atoms with Crippen LogP contribution < -0.4 is 5.73 Å². The van der Waals surface area contributed by atoms with Crippen molar-refractivity contribution in [1.29, 1.82) is 0 Å². The minimum absolute atomic E-state index is 0.329. The number of aryl methyl sites for hydroxylation is 2. The molecule has 1 amide bonds. The first-order valence-corrected chi connectivity index (χ1v) is 7.15. The van der Waals surface area contributed by atoms with Crippen LogP contribution in [0.25, 0.3) is 32.6 Å². The standard InChI is InChI=1S/C18H15N3O/c1-10-11-7-8-20-16(18(19)22)13(11)9-14-12-5-3-4-6-15(12)21(2)17(10)14/h3-9H,1-2H3,(H2,19,22). The molecule has 0 radical (unpaired) electrons. The molecule has 0 bridgehead atoms. The molecule has 4 nitrogen and oxygen atoms in total. The van der Waals surface area contributed by atoms with Crippen LogP contribution in [0, 0.1) is 6.92 Å². The number of nitrogens with two attached hydrogens (primary N) is 1. The minimum atomic E-state index is -0.496.